The Bertz CT molecular complexity index is 946. The van der Waals surface area contributed by atoms with Crippen LogP contribution in [0.2, 0.25) is 0 Å². The minimum Gasteiger partial charge on any atom is -0.480 e. The van der Waals surface area contributed by atoms with E-state index in [0.717, 1.165) is 15.4 Å². The lowest BCUT2D eigenvalue weighted by molar-refractivity contribution is -0.145. The SMILES string of the molecule is CN(C)C(=O)C1CCN(S(=O)(=O)N2CC=C(c3ccc(F)cc3)CC2)[C@@H](C(=O)O)C1. The summed E-state index contributed by atoms with van der Waals surface area (Å²) in [5.41, 5.74) is 1.76. The fourth-order valence-electron chi connectivity index (χ4n) is 3.97. The van der Waals surface area contributed by atoms with E-state index in [1.54, 1.807) is 32.3 Å². The molecule has 3 rings (SSSR count). The Morgan fingerprint density at radius 2 is 1.83 bits per heavy atom. The van der Waals surface area contributed by atoms with E-state index in [1.807, 2.05) is 0 Å². The van der Waals surface area contributed by atoms with E-state index in [-0.39, 0.29) is 44.2 Å². The lowest BCUT2D eigenvalue weighted by Crippen LogP contribution is -2.56. The summed E-state index contributed by atoms with van der Waals surface area (Å²) < 4.78 is 41.7. The lowest BCUT2D eigenvalue weighted by atomic mass is 9.91. The number of benzene rings is 1. The Balaban J connectivity index is 1.75. The number of amides is 1. The van der Waals surface area contributed by atoms with Gasteiger partial charge in [0.15, 0.2) is 0 Å². The minimum atomic E-state index is -4.00. The highest BCUT2D eigenvalue weighted by Crippen LogP contribution is 2.30. The molecule has 8 nitrogen and oxygen atoms in total. The number of hydrogen-bond donors (Lipinski definition) is 1. The van der Waals surface area contributed by atoms with Crippen LogP contribution in [-0.4, -0.2) is 78.7 Å². The molecule has 2 aliphatic rings. The van der Waals surface area contributed by atoms with Gasteiger partial charge in [-0.25, -0.2) is 4.39 Å². The highest BCUT2D eigenvalue weighted by molar-refractivity contribution is 7.86. The largest absolute Gasteiger partial charge is 0.480 e. The Morgan fingerprint density at radius 3 is 2.37 bits per heavy atom. The molecular weight excluding hydrogens is 413 g/mol. The van der Waals surface area contributed by atoms with E-state index >= 15 is 0 Å². The van der Waals surface area contributed by atoms with Gasteiger partial charge in [-0.15, -0.1) is 0 Å². The minimum absolute atomic E-state index is 0.0193. The van der Waals surface area contributed by atoms with Crippen molar-refractivity contribution in [1.29, 1.82) is 0 Å². The summed E-state index contributed by atoms with van der Waals surface area (Å²) in [6, 6.07) is 4.74. The molecule has 1 saturated heterocycles. The predicted octanol–water partition coefficient (Wildman–Crippen LogP) is 1.41. The van der Waals surface area contributed by atoms with Crippen LogP contribution in [0.15, 0.2) is 30.3 Å². The Hall–Kier alpha value is -2.30. The van der Waals surface area contributed by atoms with E-state index in [0.29, 0.717) is 6.42 Å². The van der Waals surface area contributed by atoms with Gasteiger partial charge in [-0.05, 0) is 42.5 Å². The van der Waals surface area contributed by atoms with Crippen LogP contribution in [0.3, 0.4) is 0 Å². The molecule has 0 aliphatic carbocycles. The van der Waals surface area contributed by atoms with E-state index in [2.05, 4.69) is 0 Å². The fourth-order valence-corrected chi connectivity index (χ4v) is 5.68. The van der Waals surface area contributed by atoms with Gasteiger partial charge >= 0.3 is 5.97 Å². The molecule has 1 aromatic carbocycles. The van der Waals surface area contributed by atoms with Gasteiger partial charge in [-0.3, -0.25) is 9.59 Å². The second-order valence-corrected chi connectivity index (χ2v) is 9.65. The smallest absolute Gasteiger partial charge is 0.322 e. The van der Waals surface area contributed by atoms with Crippen molar-refractivity contribution < 1.29 is 27.5 Å². The van der Waals surface area contributed by atoms with Crippen molar-refractivity contribution in [3.63, 3.8) is 0 Å². The molecule has 1 aromatic rings. The number of carboxylic acid groups (broad SMARTS) is 1. The van der Waals surface area contributed by atoms with Crippen LogP contribution in [0.1, 0.15) is 24.8 Å². The van der Waals surface area contributed by atoms with Crippen LogP contribution < -0.4 is 0 Å². The summed E-state index contributed by atoms with van der Waals surface area (Å²) in [6.45, 7) is 0.293. The zero-order valence-corrected chi connectivity index (χ0v) is 17.8. The van der Waals surface area contributed by atoms with Gasteiger partial charge < -0.3 is 10.0 Å². The van der Waals surface area contributed by atoms with Crippen molar-refractivity contribution in [1.82, 2.24) is 13.5 Å². The number of aliphatic carboxylic acids is 1. The van der Waals surface area contributed by atoms with Gasteiger partial charge in [0.1, 0.15) is 11.9 Å². The molecule has 164 valence electrons. The maximum atomic E-state index is 13.2. The number of piperidine rings is 1. The third-order valence-electron chi connectivity index (χ3n) is 5.64. The molecular formula is C20H26FN3O5S. The maximum absolute atomic E-state index is 13.2. The zero-order valence-electron chi connectivity index (χ0n) is 17.0. The van der Waals surface area contributed by atoms with Crippen LogP contribution in [0.5, 0.6) is 0 Å². The van der Waals surface area contributed by atoms with Gasteiger partial charge in [0, 0.05) is 39.6 Å². The summed E-state index contributed by atoms with van der Waals surface area (Å²) in [5.74, 6) is -2.30. The molecule has 2 heterocycles. The third kappa shape index (κ3) is 4.55. The first-order valence-corrected chi connectivity index (χ1v) is 11.2. The van der Waals surface area contributed by atoms with E-state index in [9.17, 15) is 27.5 Å². The van der Waals surface area contributed by atoms with Crippen molar-refractivity contribution in [2.75, 3.05) is 33.7 Å². The van der Waals surface area contributed by atoms with Gasteiger partial charge in [-0.1, -0.05) is 18.2 Å². The Morgan fingerprint density at radius 1 is 1.17 bits per heavy atom. The van der Waals surface area contributed by atoms with E-state index in [4.69, 9.17) is 0 Å². The molecule has 1 fully saturated rings. The molecule has 1 N–H and O–H groups in total. The molecule has 0 saturated carbocycles. The topological polar surface area (TPSA) is 98.2 Å². The van der Waals surface area contributed by atoms with Crippen LogP contribution in [-0.2, 0) is 19.8 Å². The predicted molar refractivity (Wildman–Crippen MR) is 109 cm³/mol. The van der Waals surface area contributed by atoms with Gasteiger partial charge in [0.2, 0.25) is 5.91 Å². The van der Waals surface area contributed by atoms with Crippen molar-refractivity contribution in [2.45, 2.75) is 25.3 Å². The number of carboxylic acids is 1. The van der Waals surface area contributed by atoms with Crippen molar-refractivity contribution in [3.05, 3.63) is 41.7 Å². The first kappa shape index (κ1) is 22.4. The molecule has 0 aromatic heterocycles. The normalized spacial score (nSPS) is 23.6. The standard InChI is InChI=1S/C20H26FN3O5S/c1-22(2)19(25)16-9-12-24(18(13-16)20(26)27)30(28,29)23-10-7-15(8-11-23)14-3-5-17(21)6-4-14/h3-7,16,18H,8-13H2,1-2H3,(H,26,27)/t16?,18-/m1/s1. The lowest BCUT2D eigenvalue weighted by Gasteiger charge is -2.39. The molecule has 30 heavy (non-hydrogen) atoms. The number of carbonyl (C=O) groups is 2. The summed E-state index contributed by atoms with van der Waals surface area (Å²) in [7, 11) is -0.810. The van der Waals surface area contributed by atoms with Gasteiger partial charge in [-0.2, -0.15) is 17.0 Å². The molecule has 0 radical (unpaired) electrons. The van der Waals surface area contributed by atoms with Crippen molar-refractivity contribution in [2.24, 2.45) is 5.92 Å². The molecule has 2 aliphatic heterocycles. The van der Waals surface area contributed by atoms with Gasteiger partial charge in [0.25, 0.3) is 10.2 Å². The van der Waals surface area contributed by atoms with Gasteiger partial charge in [0.05, 0.1) is 0 Å². The quantitative estimate of drug-likeness (QED) is 0.748. The van der Waals surface area contributed by atoms with E-state index in [1.165, 1.54) is 21.3 Å². The number of carbonyl (C=O) groups excluding carboxylic acids is 1. The van der Waals surface area contributed by atoms with Crippen LogP contribution >= 0.6 is 0 Å². The number of halogens is 1. The molecule has 0 spiro atoms. The molecule has 2 atom stereocenters. The maximum Gasteiger partial charge on any atom is 0.322 e. The summed E-state index contributed by atoms with van der Waals surface area (Å²) in [5, 5.41) is 9.63. The summed E-state index contributed by atoms with van der Waals surface area (Å²) in [4.78, 5) is 25.4. The average Bonchev–Trinajstić information content (AvgIpc) is 2.73. The van der Waals surface area contributed by atoms with E-state index < -0.39 is 28.1 Å². The second kappa shape index (κ2) is 8.83. The van der Waals surface area contributed by atoms with Crippen LogP contribution in [0.25, 0.3) is 5.57 Å². The zero-order chi connectivity index (χ0) is 22.1. The second-order valence-electron chi connectivity index (χ2n) is 7.77. The molecule has 0 bridgehead atoms. The van der Waals surface area contributed by atoms with Crippen LogP contribution in [0, 0.1) is 11.7 Å². The average molecular weight is 440 g/mol. The highest BCUT2D eigenvalue weighted by atomic mass is 32.2. The fraction of sp³-hybridized carbons (Fsp3) is 0.500. The highest BCUT2D eigenvalue weighted by Gasteiger charge is 2.44. The van der Waals surface area contributed by atoms with Crippen LogP contribution in [0.4, 0.5) is 4.39 Å². The first-order valence-electron chi connectivity index (χ1n) is 9.77. The Kier molecular flexibility index (Phi) is 6.59. The molecule has 1 unspecified atom stereocenters. The number of rotatable bonds is 5. The third-order valence-corrected chi connectivity index (χ3v) is 7.65. The Labute approximate surface area is 175 Å². The molecule has 1 amide bonds. The van der Waals surface area contributed by atoms with Crippen molar-refractivity contribution >= 4 is 27.7 Å². The summed E-state index contributed by atoms with van der Waals surface area (Å²) in [6.07, 6.45) is 2.45. The monoisotopic (exact) mass is 439 g/mol. The molecule has 10 heteroatoms. The first-order chi connectivity index (χ1) is 14.1. The van der Waals surface area contributed by atoms with Crippen molar-refractivity contribution in [3.8, 4) is 0 Å². The number of hydrogen-bond acceptors (Lipinski definition) is 4. The summed E-state index contributed by atoms with van der Waals surface area (Å²) >= 11 is 0. The number of nitrogens with zero attached hydrogens (tertiary/aromatic N) is 3.